The zero-order valence-corrected chi connectivity index (χ0v) is 6.16. The summed E-state index contributed by atoms with van der Waals surface area (Å²) in [5.74, 6) is -0.0779. The van der Waals surface area contributed by atoms with Crippen LogP contribution in [0.4, 0.5) is 0 Å². The van der Waals surface area contributed by atoms with Gasteiger partial charge in [0.1, 0.15) is 19.6 Å². The quantitative estimate of drug-likeness (QED) is 0.308. The molecule has 0 aromatic rings. The molecule has 0 aliphatic carbocycles. The highest BCUT2D eigenvalue weighted by molar-refractivity contribution is 5.72. The number of nitrogens with zero attached hydrogens (tertiary/aromatic N) is 1. The average molecular weight is 145 g/mol. The van der Waals surface area contributed by atoms with E-state index in [2.05, 4.69) is 0 Å². The van der Waals surface area contributed by atoms with Crippen LogP contribution in [0.15, 0.2) is 0 Å². The van der Waals surface area contributed by atoms with Crippen molar-refractivity contribution in [3.8, 4) is 0 Å². The van der Waals surface area contributed by atoms with Crippen molar-refractivity contribution in [1.82, 2.24) is 4.90 Å². The number of rotatable bonds is 4. The summed E-state index contributed by atoms with van der Waals surface area (Å²) in [6.45, 7) is 1.65. The van der Waals surface area contributed by atoms with Gasteiger partial charge in [-0.15, -0.1) is 0 Å². The van der Waals surface area contributed by atoms with Gasteiger partial charge in [0.05, 0.1) is 0 Å². The average Bonchev–Trinajstić information content (AvgIpc) is 1.88. The van der Waals surface area contributed by atoms with Crippen LogP contribution in [0, 0.1) is 0 Å². The van der Waals surface area contributed by atoms with Gasteiger partial charge in [-0.25, -0.2) is 0 Å². The molecule has 1 amide bonds. The molecule has 0 atom stereocenters. The van der Waals surface area contributed by atoms with Crippen molar-refractivity contribution in [3.63, 3.8) is 0 Å². The Morgan fingerprint density at radius 1 is 1.70 bits per heavy atom. The van der Waals surface area contributed by atoms with Crippen LogP contribution in [0.3, 0.4) is 0 Å². The first-order valence-corrected chi connectivity index (χ1v) is 2.91. The number of ether oxygens (including phenoxy) is 1. The highest BCUT2D eigenvalue weighted by Gasteiger charge is 1.99. The lowest BCUT2D eigenvalue weighted by atomic mass is 10.6. The second-order valence-corrected chi connectivity index (χ2v) is 1.88. The van der Waals surface area contributed by atoms with Gasteiger partial charge in [0.15, 0.2) is 0 Å². The molecule has 0 unspecified atom stereocenters. The van der Waals surface area contributed by atoms with Crippen molar-refractivity contribution in [2.75, 3.05) is 20.4 Å². The summed E-state index contributed by atoms with van der Waals surface area (Å²) >= 11 is 0. The fourth-order valence-corrected chi connectivity index (χ4v) is 0.329. The van der Waals surface area contributed by atoms with Gasteiger partial charge >= 0.3 is 0 Å². The van der Waals surface area contributed by atoms with Gasteiger partial charge < -0.3 is 14.4 Å². The summed E-state index contributed by atoms with van der Waals surface area (Å²) in [6, 6.07) is 0. The Morgan fingerprint density at radius 2 is 2.30 bits per heavy atom. The normalized spacial score (nSPS) is 9.00. The van der Waals surface area contributed by atoms with Gasteiger partial charge in [-0.1, -0.05) is 0 Å². The third kappa shape index (κ3) is 4.03. The smallest absolute Gasteiger partial charge is 0.220 e. The number of hydrogen-bond donors (Lipinski definition) is 0. The maximum atomic E-state index is 10.5. The number of hydrogen-bond acceptors (Lipinski definition) is 3. The van der Waals surface area contributed by atoms with Crippen molar-refractivity contribution >= 4 is 12.2 Å². The monoisotopic (exact) mass is 145 g/mol. The van der Waals surface area contributed by atoms with Gasteiger partial charge in [-0.2, -0.15) is 0 Å². The molecule has 0 aliphatic rings. The predicted octanol–water partition coefficient (Wildman–Crippen LogP) is -0.362. The summed E-state index contributed by atoms with van der Waals surface area (Å²) in [5.41, 5.74) is 0. The van der Waals surface area contributed by atoms with Crippen LogP contribution < -0.4 is 0 Å². The summed E-state index contributed by atoms with van der Waals surface area (Å²) in [7, 11) is 1.60. The SMILES string of the molecule is CC(=O)N(C)COCC=O. The molecule has 0 aromatic carbocycles. The number of aldehydes is 1. The van der Waals surface area contributed by atoms with E-state index in [9.17, 15) is 9.59 Å². The van der Waals surface area contributed by atoms with Crippen LogP contribution in [0.25, 0.3) is 0 Å². The molecule has 10 heavy (non-hydrogen) atoms. The molecule has 0 heterocycles. The largest absolute Gasteiger partial charge is 0.354 e. The molecule has 0 radical (unpaired) electrons. The summed E-state index contributed by atoms with van der Waals surface area (Å²) in [6.07, 6.45) is 0.647. The lowest BCUT2D eigenvalue weighted by Crippen LogP contribution is -2.26. The van der Waals surface area contributed by atoms with E-state index in [4.69, 9.17) is 4.74 Å². The zero-order valence-electron chi connectivity index (χ0n) is 6.16. The number of amides is 1. The van der Waals surface area contributed by atoms with E-state index in [1.54, 1.807) is 7.05 Å². The molecule has 4 heteroatoms. The Labute approximate surface area is 59.8 Å². The van der Waals surface area contributed by atoms with Gasteiger partial charge in [0.25, 0.3) is 0 Å². The maximum Gasteiger partial charge on any atom is 0.220 e. The first-order chi connectivity index (χ1) is 4.68. The molecule has 0 aliphatic heterocycles. The van der Waals surface area contributed by atoms with E-state index in [0.29, 0.717) is 6.29 Å². The number of carbonyl (C=O) groups is 2. The van der Waals surface area contributed by atoms with Crippen molar-refractivity contribution in [3.05, 3.63) is 0 Å². The number of carbonyl (C=O) groups excluding carboxylic acids is 2. The zero-order chi connectivity index (χ0) is 7.98. The van der Waals surface area contributed by atoms with E-state index in [1.165, 1.54) is 11.8 Å². The third-order valence-electron chi connectivity index (χ3n) is 1.01. The van der Waals surface area contributed by atoms with Crippen LogP contribution in [-0.2, 0) is 14.3 Å². The van der Waals surface area contributed by atoms with Gasteiger partial charge in [-0.05, 0) is 0 Å². The Bertz CT molecular complexity index is 124. The predicted molar refractivity (Wildman–Crippen MR) is 35.3 cm³/mol. The molecule has 0 aromatic heterocycles. The van der Waals surface area contributed by atoms with E-state index in [1.807, 2.05) is 0 Å². The van der Waals surface area contributed by atoms with Crippen molar-refractivity contribution in [2.24, 2.45) is 0 Å². The second-order valence-electron chi connectivity index (χ2n) is 1.88. The Balaban J connectivity index is 3.30. The Morgan fingerprint density at radius 3 is 2.70 bits per heavy atom. The first-order valence-electron chi connectivity index (χ1n) is 2.91. The van der Waals surface area contributed by atoms with Crippen molar-refractivity contribution in [1.29, 1.82) is 0 Å². The van der Waals surface area contributed by atoms with Crippen molar-refractivity contribution < 1.29 is 14.3 Å². The Hall–Kier alpha value is -0.900. The minimum Gasteiger partial charge on any atom is -0.354 e. The molecule has 0 fully saturated rings. The lowest BCUT2D eigenvalue weighted by Gasteiger charge is -2.12. The highest BCUT2D eigenvalue weighted by atomic mass is 16.5. The lowest BCUT2D eigenvalue weighted by molar-refractivity contribution is -0.133. The van der Waals surface area contributed by atoms with E-state index in [0.717, 1.165) is 0 Å². The van der Waals surface area contributed by atoms with Crippen molar-refractivity contribution in [2.45, 2.75) is 6.92 Å². The summed E-state index contributed by atoms with van der Waals surface area (Å²) < 4.78 is 4.74. The van der Waals surface area contributed by atoms with Crippen LogP contribution in [-0.4, -0.2) is 37.5 Å². The van der Waals surface area contributed by atoms with Crippen LogP contribution >= 0.6 is 0 Å². The van der Waals surface area contributed by atoms with Gasteiger partial charge in [-0.3, -0.25) is 4.79 Å². The highest BCUT2D eigenvalue weighted by Crippen LogP contribution is 1.82. The molecule has 0 N–H and O–H groups in total. The fraction of sp³-hybridized carbons (Fsp3) is 0.667. The molecule has 0 bridgehead atoms. The minimum atomic E-state index is -0.0779. The van der Waals surface area contributed by atoms with E-state index in [-0.39, 0.29) is 19.2 Å². The molecule has 0 saturated carbocycles. The first kappa shape index (κ1) is 9.10. The molecular formula is C6H11NO3. The van der Waals surface area contributed by atoms with Crippen LogP contribution in [0.5, 0.6) is 0 Å². The fourth-order valence-electron chi connectivity index (χ4n) is 0.329. The topological polar surface area (TPSA) is 46.6 Å². The van der Waals surface area contributed by atoms with Crippen LogP contribution in [0.2, 0.25) is 0 Å². The van der Waals surface area contributed by atoms with E-state index >= 15 is 0 Å². The molecule has 58 valence electrons. The Kier molecular flexibility index (Phi) is 4.49. The summed E-state index contributed by atoms with van der Waals surface area (Å²) in [4.78, 5) is 21.6. The standard InChI is InChI=1S/C6H11NO3/c1-6(9)7(2)5-10-4-3-8/h3H,4-5H2,1-2H3. The molecule has 0 saturated heterocycles. The molecule has 0 spiro atoms. The minimum absolute atomic E-state index is 0.0393. The van der Waals surface area contributed by atoms with E-state index < -0.39 is 0 Å². The third-order valence-corrected chi connectivity index (χ3v) is 1.01. The second kappa shape index (κ2) is 4.93. The molecule has 4 nitrogen and oxygen atoms in total. The van der Waals surface area contributed by atoms with Crippen LogP contribution in [0.1, 0.15) is 6.92 Å². The molecule has 0 rings (SSSR count). The summed E-state index contributed by atoms with van der Waals surface area (Å²) in [5, 5.41) is 0. The maximum absolute atomic E-state index is 10.5. The van der Waals surface area contributed by atoms with Gasteiger partial charge in [0.2, 0.25) is 5.91 Å². The van der Waals surface area contributed by atoms with Gasteiger partial charge in [0, 0.05) is 14.0 Å². The molecular weight excluding hydrogens is 134 g/mol.